The van der Waals surface area contributed by atoms with E-state index in [1.54, 1.807) is 17.5 Å². The number of carbonyl (C=O) groups excluding carboxylic acids is 1. The lowest BCUT2D eigenvalue weighted by molar-refractivity contribution is 0.102. The number of sulfone groups is 1. The maximum atomic E-state index is 12.5. The number of nitrogens with one attached hydrogen (secondary N) is 2. The molecule has 0 atom stereocenters. The molecular weight excluding hydrogens is 428 g/mol. The molecule has 0 radical (unpaired) electrons. The molecule has 10 heteroatoms. The van der Waals surface area contributed by atoms with Gasteiger partial charge in [0.05, 0.1) is 15.1 Å². The van der Waals surface area contributed by atoms with Crippen LogP contribution in [0, 0.1) is 6.92 Å². The number of anilines is 3. The van der Waals surface area contributed by atoms with Gasteiger partial charge in [-0.15, -0.1) is 11.3 Å². The van der Waals surface area contributed by atoms with E-state index in [-0.39, 0.29) is 16.5 Å². The summed E-state index contributed by atoms with van der Waals surface area (Å²) in [6.45, 7) is 1.98. The number of aromatic nitrogens is 2. The molecule has 2 heterocycles. The highest BCUT2D eigenvalue weighted by Gasteiger charge is 2.14. The third-order valence-corrected chi connectivity index (χ3v) is 6.93. The number of rotatable bonds is 5. The fraction of sp³-hybridized carbons (Fsp3) is 0.105. The number of benzene rings is 2. The Morgan fingerprint density at radius 1 is 1.03 bits per heavy atom. The SMILES string of the molecule is Cc1cccc2sc(NC(=O)c3csc(Nc4ccc(S(C)(=O)=O)cc4)n3)nc12. The molecule has 0 spiro atoms. The minimum absolute atomic E-state index is 0.244. The van der Waals surface area contributed by atoms with Gasteiger partial charge in [-0.25, -0.2) is 18.4 Å². The molecule has 0 aliphatic heterocycles. The van der Waals surface area contributed by atoms with E-state index in [0.29, 0.717) is 16.0 Å². The summed E-state index contributed by atoms with van der Waals surface area (Å²) in [5, 5.41) is 8.57. The number of thiazole rings is 2. The molecule has 0 bridgehead atoms. The van der Waals surface area contributed by atoms with E-state index in [9.17, 15) is 13.2 Å². The topological polar surface area (TPSA) is 101 Å². The second kappa shape index (κ2) is 7.54. The third kappa shape index (κ3) is 4.29. The van der Waals surface area contributed by atoms with Crippen molar-refractivity contribution >= 4 is 64.6 Å². The lowest BCUT2D eigenvalue weighted by Gasteiger charge is -2.03. The molecule has 4 aromatic rings. The molecule has 0 aliphatic rings. The molecule has 0 saturated heterocycles. The first-order valence-electron chi connectivity index (χ1n) is 8.50. The van der Waals surface area contributed by atoms with Crippen molar-refractivity contribution in [2.75, 3.05) is 16.9 Å². The van der Waals surface area contributed by atoms with E-state index < -0.39 is 9.84 Å². The predicted octanol–water partition coefficient (Wildman–Crippen LogP) is 4.46. The van der Waals surface area contributed by atoms with Crippen LogP contribution in [0.1, 0.15) is 16.1 Å². The van der Waals surface area contributed by atoms with Gasteiger partial charge >= 0.3 is 0 Å². The molecule has 2 aromatic carbocycles. The fourth-order valence-electron chi connectivity index (χ4n) is 2.65. The molecule has 7 nitrogen and oxygen atoms in total. The van der Waals surface area contributed by atoms with Crippen molar-refractivity contribution in [1.29, 1.82) is 0 Å². The average Bonchev–Trinajstić information content (AvgIpc) is 3.29. The molecule has 2 N–H and O–H groups in total. The summed E-state index contributed by atoms with van der Waals surface area (Å²) < 4.78 is 24.1. The van der Waals surface area contributed by atoms with Crippen LogP contribution in [-0.4, -0.2) is 30.5 Å². The Kier molecular flexibility index (Phi) is 5.07. The van der Waals surface area contributed by atoms with Crippen molar-refractivity contribution in [1.82, 2.24) is 9.97 Å². The molecule has 2 aromatic heterocycles. The van der Waals surface area contributed by atoms with Crippen molar-refractivity contribution in [2.24, 2.45) is 0 Å². The number of aryl methyl sites for hydroxylation is 1. The third-order valence-electron chi connectivity index (χ3n) is 4.11. The first-order valence-corrected chi connectivity index (χ1v) is 12.1. The zero-order valence-corrected chi connectivity index (χ0v) is 17.9. The second-order valence-corrected chi connectivity index (χ2v) is 10.3. The van der Waals surface area contributed by atoms with Crippen LogP contribution >= 0.6 is 22.7 Å². The number of hydrogen-bond acceptors (Lipinski definition) is 8. The highest BCUT2D eigenvalue weighted by atomic mass is 32.2. The maximum Gasteiger partial charge on any atom is 0.276 e. The standard InChI is InChI=1S/C19H16N4O3S3/c1-11-4-3-5-15-16(11)22-19(28-15)23-17(24)14-10-27-18(21-14)20-12-6-8-13(9-7-12)29(2,25)26/h3-10H,1-2H3,(H,20,21)(H,22,23,24). The van der Waals surface area contributed by atoms with Crippen LogP contribution < -0.4 is 10.6 Å². The van der Waals surface area contributed by atoms with Gasteiger partial charge in [0, 0.05) is 17.3 Å². The number of carbonyl (C=O) groups is 1. The normalized spacial score (nSPS) is 11.5. The quantitative estimate of drug-likeness (QED) is 0.471. The van der Waals surface area contributed by atoms with Crippen LogP contribution in [0.5, 0.6) is 0 Å². The van der Waals surface area contributed by atoms with Gasteiger partial charge in [-0.3, -0.25) is 10.1 Å². The molecule has 4 rings (SSSR count). The lowest BCUT2D eigenvalue weighted by atomic mass is 10.2. The zero-order valence-electron chi connectivity index (χ0n) is 15.5. The van der Waals surface area contributed by atoms with E-state index in [2.05, 4.69) is 20.6 Å². The lowest BCUT2D eigenvalue weighted by Crippen LogP contribution is -2.12. The number of para-hydroxylation sites is 1. The maximum absolute atomic E-state index is 12.5. The van der Waals surface area contributed by atoms with Crippen LogP contribution in [0.15, 0.2) is 52.7 Å². The predicted molar refractivity (Wildman–Crippen MR) is 117 cm³/mol. The highest BCUT2D eigenvalue weighted by molar-refractivity contribution is 7.90. The van der Waals surface area contributed by atoms with Gasteiger partial charge in [-0.2, -0.15) is 0 Å². The van der Waals surface area contributed by atoms with Crippen LogP contribution in [0.25, 0.3) is 10.2 Å². The monoisotopic (exact) mass is 444 g/mol. The first kappa shape index (κ1) is 19.5. The molecule has 148 valence electrons. The summed E-state index contributed by atoms with van der Waals surface area (Å²) in [6.07, 6.45) is 1.16. The minimum atomic E-state index is -3.24. The van der Waals surface area contributed by atoms with E-state index in [1.165, 1.54) is 34.8 Å². The Bertz CT molecular complexity index is 1310. The molecule has 0 aliphatic carbocycles. The minimum Gasteiger partial charge on any atom is -0.332 e. The summed E-state index contributed by atoms with van der Waals surface area (Å²) >= 11 is 2.70. The summed E-state index contributed by atoms with van der Waals surface area (Å²) in [5.41, 5.74) is 2.90. The van der Waals surface area contributed by atoms with Gasteiger partial charge in [-0.05, 0) is 42.8 Å². The number of hydrogen-bond donors (Lipinski definition) is 2. The number of fused-ring (bicyclic) bond motifs is 1. The Labute approximate surface area is 175 Å². The van der Waals surface area contributed by atoms with Gasteiger partial charge in [0.15, 0.2) is 20.1 Å². The number of nitrogens with zero attached hydrogens (tertiary/aromatic N) is 2. The first-order chi connectivity index (χ1) is 13.8. The molecule has 29 heavy (non-hydrogen) atoms. The largest absolute Gasteiger partial charge is 0.332 e. The molecule has 0 unspecified atom stereocenters. The zero-order chi connectivity index (χ0) is 20.6. The average molecular weight is 445 g/mol. The Balaban J connectivity index is 1.46. The van der Waals surface area contributed by atoms with Crippen molar-refractivity contribution in [3.8, 4) is 0 Å². The highest BCUT2D eigenvalue weighted by Crippen LogP contribution is 2.28. The summed E-state index contributed by atoms with van der Waals surface area (Å²) in [7, 11) is -3.24. The van der Waals surface area contributed by atoms with Crippen LogP contribution in [-0.2, 0) is 9.84 Å². The molecule has 1 amide bonds. The Morgan fingerprint density at radius 2 is 1.79 bits per heavy atom. The van der Waals surface area contributed by atoms with Gasteiger partial charge in [0.2, 0.25) is 0 Å². The van der Waals surface area contributed by atoms with E-state index in [4.69, 9.17) is 0 Å². The molecule has 0 saturated carbocycles. The van der Waals surface area contributed by atoms with Crippen LogP contribution in [0.4, 0.5) is 16.0 Å². The Morgan fingerprint density at radius 3 is 2.48 bits per heavy atom. The van der Waals surface area contributed by atoms with Crippen molar-refractivity contribution in [3.63, 3.8) is 0 Å². The number of amides is 1. The van der Waals surface area contributed by atoms with Gasteiger partial charge in [-0.1, -0.05) is 23.5 Å². The van der Waals surface area contributed by atoms with Crippen molar-refractivity contribution in [3.05, 3.63) is 59.1 Å². The molecular formula is C19H16N4O3S3. The van der Waals surface area contributed by atoms with E-state index in [1.807, 2.05) is 25.1 Å². The van der Waals surface area contributed by atoms with Gasteiger partial charge in [0.25, 0.3) is 5.91 Å². The van der Waals surface area contributed by atoms with Gasteiger partial charge < -0.3 is 5.32 Å². The van der Waals surface area contributed by atoms with E-state index in [0.717, 1.165) is 22.0 Å². The van der Waals surface area contributed by atoms with Crippen LogP contribution in [0.3, 0.4) is 0 Å². The Hall–Kier alpha value is -2.82. The van der Waals surface area contributed by atoms with Crippen molar-refractivity contribution in [2.45, 2.75) is 11.8 Å². The van der Waals surface area contributed by atoms with Gasteiger partial charge in [0.1, 0.15) is 5.69 Å². The smallest absolute Gasteiger partial charge is 0.276 e. The summed E-state index contributed by atoms with van der Waals surface area (Å²) in [6, 6.07) is 12.3. The fourth-order valence-corrected chi connectivity index (χ4v) is 4.93. The molecule has 0 fully saturated rings. The summed E-state index contributed by atoms with van der Waals surface area (Å²) in [4.78, 5) is 21.5. The summed E-state index contributed by atoms with van der Waals surface area (Å²) in [5.74, 6) is -0.335. The van der Waals surface area contributed by atoms with Crippen molar-refractivity contribution < 1.29 is 13.2 Å². The van der Waals surface area contributed by atoms with E-state index >= 15 is 0 Å². The van der Waals surface area contributed by atoms with Crippen LogP contribution in [0.2, 0.25) is 0 Å². The second-order valence-electron chi connectivity index (χ2n) is 6.35.